The van der Waals surface area contributed by atoms with Gasteiger partial charge in [0, 0.05) is 18.7 Å². The maximum Gasteiger partial charge on any atom is 0.311 e. The number of carbonyl (C=O) groups excluding carboxylic acids is 1. The van der Waals surface area contributed by atoms with Crippen molar-refractivity contribution in [1.82, 2.24) is 5.32 Å². The molecule has 0 aliphatic rings. The highest BCUT2D eigenvalue weighted by molar-refractivity contribution is 5.91. The molecule has 0 aliphatic carbocycles. The molecule has 0 fully saturated rings. The number of ether oxygens (including phenoxy) is 1. The van der Waals surface area contributed by atoms with E-state index in [9.17, 15) is 14.9 Å². The predicted molar refractivity (Wildman–Crippen MR) is 96.2 cm³/mol. The van der Waals surface area contributed by atoms with Crippen LogP contribution in [0.4, 0.5) is 5.69 Å². The van der Waals surface area contributed by atoms with Gasteiger partial charge in [-0.25, -0.2) is 0 Å². The zero-order chi connectivity index (χ0) is 18.1. The second-order valence-electron chi connectivity index (χ2n) is 5.37. The number of nitro groups is 1. The highest BCUT2D eigenvalue weighted by atomic mass is 16.6. The second kappa shape index (κ2) is 9.22. The van der Waals surface area contributed by atoms with E-state index < -0.39 is 4.92 Å². The summed E-state index contributed by atoms with van der Waals surface area (Å²) >= 11 is 0. The van der Waals surface area contributed by atoms with Gasteiger partial charge in [-0.1, -0.05) is 43.3 Å². The molecule has 0 unspecified atom stereocenters. The molecular formula is C19H20N2O4. The monoisotopic (exact) mass is 340 g/mol. The summed E-state index contributed by atoms with van der Waals surface area (Å²) in [6.07, 6.45) is 3.66. The van der Waals surface area contributed by atoms with E-state index in [-0.39, 0.29) is 17.3 Å². The molecule has 25 heavy (non-hydrogen) atoms. The number of hydrogen-bond acceptors (Lipinski definition) is 4. The molecule has 0 spiro atoms. The van der Waals surface area contributed by atoms with Crippen LogP contribution in [-0.2, 0) is 11.3 Å². The van der Waals surface area contributed by atoms with Crippen molar-refractivity contribution in [3.8, 4) is 5.75 Å². The van der Waals surface area contributed by atoms with Crippen LogP contribution in [0.15, 0.2) is 54.6 Å². The average molecular weight is 340 g/mol. The maximum atomic E-state index is 11.9. The number of benzene rings is 2. The van der Waals surface area contributed by atoms with E-state index >= 15 is 0 Å². The summed E-state index contributed by atoms with van der Waals surface area (Å²) in [5, 5.41) is 13.9. The Balaban J connectivity index is 2.00. The summed E-state index contributed by atoms with van der Waals surface area (Å²) in [7, 11) is 0. The van der Waals surface area contributed by atoms with Crippen molar-refractivity contribution in [2.24, 2.45) is 0 Å². The Kier molecular flexibility index (Phi) is 6.71. The fourth-order valence-electron chi connectivity index (χ4n) is 2.13. The van der Waals surface area contributed by atoms with Crippen molar-refractivity contribution in [3.63, 3.8) is 0 Å². The molecule has 0 atom stereocenters. The quantitative estimate of drug-likeness (QED) is 0.451. The number of nitrogens with zero attached hydrogens (tertiary/aromatic N) is 1. The zero-order valence-corrected chi connectivity index (χ0v) is 14.0. The Morgan fingerprint density at radius 2 is 2.00 bits per heavy atom. The fraction of sp³-hybridized carbons (Fsp3) is 0.211. The molecule has 1 N–H and O–H groups in total. The van der Waals surface area contributed by atoms with Gasteiger partial charge in [-0.2, -0.15) is 0 Å². The molecule has 6 heteroatoms. The van der Waals surface area contributed by atoms with Gasteiger partial charge in [0.15, 0.2) is 5.75 Å². The van der Waals surface area contributed by atoms with Crippen LogP contribution < -0.4 is 10.1 Å². The van der Waals surface area contributed by atoms with Crippen LogP contribution in [-0.4, -0.2) is 17.4 Å². The highest BCUT2D eigenvalue weighted by Gasteiger charge is 2.15. The number of amides is 1. The molecule has 0 heterocycles. The summed E-state index contributed by atoms with van der Waals surface area (Å²) in [6, 6.07) is 14.2. The minimum Gasteiger partial charge on any atom is -0.487 e. The van der Waals surface area contributed by atoms with E-state index in [0.717, 1.165) is 12.0 Å². The van der Waals surface area contributed by atoms with Crippen molar-refractivity contribution >= 4 is 17.7 Å². The van der Waals surface area contributed by atoms with E-state index in [1.807, 2.05) is 37.3 Å². The van der Waals surface area contributed by atoms with Gasteiger partial charge < -0.3 is 10.1 Å². The standard InChI is InChI=1S/C19H20N2O4/c1-2-12-25-18-10-8-15(13-17(18)21(23)24)9-11-19(22)20-14-16-6-4-3-5-7-16/h3-11,13H,2,12,14H2,1H3,(H,20,22)/b11-9+. The number of hydrogen-bond donors (Lipinski definition) is 1. The third-order valence-electron chi connectivity index (χ3n) is 3.38. The first-order chi connectivity index (χ1) is 12.1. The van der Waals surface area contributed by atoms with Crippen LogP contribution in [0.3, 0.4) is 0 Å². The molecule has 0 saturated carbocycles. The third kappa shape index (κ3) is 5.76. The van der Waals surface area contributed by atoms with Gasteiger partial charge in [-0.15, -0.1) is 0 Å². The minimum atomic E-state index is -0.488. The SMILES string of the molecule is CCCOc1ccc(/C=C/C(=O)NCc2ccccc2)cc1[N+](=O)[O-]. The van der Waals surface area contributed by atoms with E-state index in [4.69, 9.17) is 4.74 Å². The molecule has 0 radical (unpaired) electrons. The largest absolute Gasteiger partial charge is 0.487 e. The van der Waals surface area contributed by atoms with Crippen LogP contribution >= 0.6 is 0 Å². The van der Waals surface area contributed by atoms with Gasteiger partial charge >= 0.3 is 5.69 Å². The Labute approximate surface area is 146 Å². The van der Waals surface area contributed by atoms with Gasteiger partial charge in [0.2, 0.25) is 5.91 Å². The Bertz CT molecular complexity index is 757. The smallest absolute Gasteiger partial charge is 0.311 e. The number of rotatable bonds is 8. The van der Waals surface area contributed by atoms with Crippen molar-refractivity contribution in [1.29, 1.82) is 0 Å². The number of nitro benzene ring substituents is 1. The van der Waals surface area contributed by atoms with Gasteiger partial charge in [0.1, 0.15) is 0 Å². The molecule has 0 aliphatic heterocycles. The first-order valence-electron chi connectivity index (χ1n) is 8.01. The lowest BCUT2D eigenvalue weighted by Crippen LogP contribution is -2.20. The van der Waals surface area contributed by atoms with E-state index in [0.29, 0.717) is 18.7 Å². The molecule has 2 aromatic rings. The summed E-state index contributed by atoms with van der Waals surface area (Å²) in [5.41, 5.74) is 1.45. The second-order valence-corrected chi connectivity index (χ2v) is 5.37. The molecule has 0 saturated heterocycles. The van der Waals surface area contributed by atoms with E-state index in [2.05, 4.69) is 5.32 Å². The summed E-state index contributed by atoms with van der Waals surface area (Å²) in [4.78, 5) is 22.5. The van der Waals surface area contributed by atoms with Crippen molar-refractivity contribution < 1.29 is 14.5 Å². The highest BCUT2D eigenvalue weighted by Crippen LogP contribution is 2.28. The zero-order valence-electron chi connectivity index (χ0n) is 14.0. The van der Waals surface area contributed by atoms with Crippen molar-refractivity contribution in [2.45, 2.75) is 19.9 Å². The molecule has 2 rings (SSSR count). The lowest BCUT2D eigenvalue weighted by Gasteiger charge is -2.06. The summed E-state index contributed by atoms with van der Waals surface area (Å²) < 4.78 is 5.37. The van der Waals surface area contributed by atoms with Crippen LogP contribution in [0, 0.1) is 10.1 Å². The lowest BCUT2D eigenvalue weighted by atomic mass is 10.1. The van der Waals surface area contributed by atoms with E-state index in [1.54, 1.807) is 12.1 Å². The maximum absolute atomic E-state index is 11.9. The van der Waals surface area contributed by atoms with Crippen LogP contribution in [0.2, 0.25) is 0 Å². The van der Waals surface area contributed by atoms with Crippen LogP contribution in [0.25, 0.3) is 6.08 Å². The van der Waals surface area contributed by atoms with Crippen molar-refractivity contribution in [3.05, 3.63) is 75.8 Å². The normalized spacial score (nSPS) is 10.6. The Morgan fingerprint density at radius 3 is 2.68 bits per heavy atom. The molecule has 2 aromatic carbocycles. The molecular weight excluding hydrogens is 320 g/mol. The van der Waals surface area contributed by atoms with Gasteiger partial charge in [-0.3, -0.25) is 14.9 Å². The topological polar surface area (TPSA) is 81.5 Å². The van der Waals surface area contributed by atoms with Crippen LogP contribution in [0.1, 0.15) is 24.5 Å². The predicted octanol–water partition coefficient (Wildman–Crippen LogP) is 3.71. The van der Waals surface area contributed by atoms with Crippen molar-refractivity contribution in [2.75, 3.05) is 6.61 Å². The van der Waals surface area contributed by atoms with E-state index in [1.165, 1.54) is 18.2 Å². The molecule has 6 nitrogen and oxygen atoms in total. The first-order valence-corrected chi connectivity index (χ1v) is 8.01. The first kappa shape index (κ1) is 18.2. The Hall–Kier alpha value is -3.15. The lowest BCUT2D eigenvalue weighted by molar-refractivity contribution is -0.385. The van der Waals surface area contributed by atoms with Gasteiger partial charge in [-0.05, 0) is 29.7 Å². The van der Waals surface area contributed by atoms with Gasteiger partial charge in [0.25, 0.3) is 0 Å². The average Bonchev–Trinajstić information content (AvgIpc) is 2.64. The molecule has 1 amide bonds. The number of carbonyl (C=O) groups is 1. The number of nitrogens with one attached hydrogen (secondary N) is 1. The summed E-state index contributed by atoms with van der Waals surface area (Å²) in [6.45, 7) is 2.77. The third-order valence-corrected chi connectivity index (χ3v) is 3.38. The Morgan fingerprint density at radius 1 is 1.24 bits per heavy atom. The molecule has 0 aromatic heterocycles. The van der Waals surface area contributed by atoms with Gasteiger partial charge in [0.05, 0.1) is 11.5 Å². The van der Waals surface area contributed by atoms with Crippen LogP contribution in [0.5, 0.6) is 5.75 Å². The molecule has 130 valence electrons. The summed E-state index contributed by atoms with van der Waals surface area (Å²) in [5.74, 6) is -0.0321. The molecule has 0 bridgehead atoms. The fourth-order valence-corrected chi connectivity index (χ4v) is 2.13. The minimum absolute atomic E-state index is 0.111.